The summed E-state index contributed by atoms with van der Waals surface area (Å²) in [4.78, 5) is 50.7. The average molecular weight is 550 g/mol. The number of methoxy groups -OCH3 is 1. The molecule has 0 aromatic heterocycles. The van der Waals surface area contributed by atoms with Gasteiger partial charge in [-0.3, -0.25) is 24.1 Å². The van der Waals surface area contributed by atoms with Gasteiger partial charge in [-0.25, -0.2) is 4.39 Å². The topological polar surface area (TPSA) is 114 Å². The molecule has 1 heterocycles. The molecule has 0 saturated carbocycles. The molecule has 0 aliphatic carbocycles. The van der Waals surface area contributed by atoms with Crippen molar-refractivity contribution in [1.82, 2.24) is 4.90 Å². The molecule has 0 radical (unpaired) electrons. The maximum absolute atomic E-state index is 13.0. The van der Waals surface area contributed by atoms with Gasteiger partial charge in [-0.05, 0) is 78.9 Å². The van der Waals surface area contributed by atoms with E-state index in [2.05, 4.69) is 10.6 Å². The molecule has 0 spiro atoms. The van der Waals surface area contributed by atoms with Crippen molar-refractivity contribution in [1.29, 1.82) is 0 Å². The van der Waals surface area contributed by atoms with E-state index in [1.807, 2.05) is 19.1 Å². The van der Waals surface area contributed by atoms with E-state index >= 15 is 0 Å². The Labute approximate surface area is 228 Å². The Bertz CT molecular complexity index is 1440. The van der Waals surface area contributed by atoms with Gasteiger partial charge in [-0.15, -0.1) is 0 Å². The minimum atomic E-state index is -0.619. The average Bonchev–Trinajstić information content (AvgIpc) is 3.17. The predicted molar refractivity (Wildman–Crippen MR) is 146 cm³/mol. The number of amides is 4. The third kappa shape index (κ3) is 7.23. The van der Waals surface area contributed by atoms with Crippen LogP contribution in [0.15, 0.2) is 71.6 Å². The second-order valence-electron chi connectivity index (χ2n) is 8.44. The lowest BCUT2D eigenvalue weighted by atomic mass is 10.2. The molecule has 1 aliphatic rings. The SMILES string of the molecule is COc1cc(/C=C2/SC(=O)N(CC(=O)Nc3ccc(F)cc3)C2=O)ccc1OCC(=O)Nc1ccc(C)cc1. The first-order valence-corrected chi connectivity index (χ1v) is 12.5. The standard InChI is InChI=1S/C28H24FN3O6S/c1-17-3-8-20(9-4-17)31-26(34)16-38-22-12-5-18(13-23(22)37-2)14-24-27(35)32(28(36)39-24)15-25(33)30-21-10-6-19(29)7-11-21/h3-14H,15-16H2,1-2H3,(H,30,33)(H,31,34)/b24-14+. The Morgan fingerprint density at radius 2 is 1.56 bits per heavy atom. The van der Waals surface area contributed by atoms with Gasteiger partial charge >= 0.3 is 0 Å². The molecule has 0 unspecified atom stereocenters. The van der Waals surface area contributed by atoms with Crippen molar-refractivity contribution in [3.63, 3.8) is 0 Å². The van der Waals surface area contributed by atoms with Crippen LogP contribution < -0.4 is 20.1 Å². The van der Waals surface area contributed by atoms with Crippen LogP contribution in [0.2, 0.25) is 0 Å². The Kier molecular flexibility index (Phi) is 8.62. The minimum Gasteiger partial charge on any atom is -0.493 e. The molecule has 3 aromatic carbocycles. The monoisotopic (exact) mass is 549 g/mol. The van der Waals surface area contributed by atoms with Crippen LogP contribution in [0.1, 0.15) is 11.1 Å². The molecule has 3 aromatic rings. The van der Waals surface area contributed by atoms with Crippen molar-refractivity contribution < 1.29 is 33.0 Å². The molecule has 1 fully saturated rings. The Morgan fingerprint density at radius 1 is 0.923 bits per heavy atom. The molecule has 1 saturated heterocycles. The van der Waals surface area contributed by atoms with Gasteiger partial charge in [0.1, 0.15) is 12.4 Å². The highest BCUT2D eigenvalue weighted by Crippen LogP contribution is 2.34. The molecule has 4 amide bonds. The maximum Gasteiger partial charge on any atom is 0.294 e. The number of anilines is 2. The summed E-state index contributed by atoms with van der Waals surface area (Å²) in [5.74, 6) is -1.37. The Morgan fingerprint density at radius 3 is 2.23 bits per heavy atom. The van der Waals surface area contributed by atoms with Gasteiger partial charge in [0.05, 0.1) is 12.0 Å². The van der Waals surface area contributed by atoms with Crippen LogP contribution in [-0.4, -0.2) is 48.1 Å². The summed E-state index contributed by atoms with van der Waals surface area (Å²) in [5.41, 5.74) is 2.61. The van der Waals surface area contributed by atoms with E-state index in [1.165, 1.54) is 37.5 Å². The second kappa shape index (κ2) is 12.3. The number of ether oxygens (including phenoxy) is 2. The third-order valence-corrected chi connectivity index (χ3v) is 6.39. The molecule has 200 valence electrons. The minimum absolute atomic E-state index is 0.128. The molecule has 11 heteroatoms. The van der Waals surface area contributed by atoms with Gasteiger partial charge in [-0.2, -0.15) is 0 Å². The number of carbonyl (C=O) groups excluding carboxylic acids is 4. The highest BCUT2D eigenvalue weighted by molar-refractivity contribution is 8.18. The predicted octanol–water partition coefficient (Wildman–Crippen LogP) is 4.84. The van der Waals surface area contributed by atoms with Crippen LogP contribution in [0.4, 0.5) is 20.6 Å². The number of aryl methyl sites for hydroxylation is 1. The largest absolute Gasteiger partial charge is 0.493 e. The van der Waals surface area contributed by atoms with Crippen molar-refractivity contribution in [3.05, 3.63) is 88.6 Å². The molecular weight excluding hydrogens is 525 g/mol. The zero-order valence-corrected chi connectivity index (χ0v) is 21.8. The number of nitrogens with one attached hydrogen (secondary N) is 2. The molecule has 0 bridgehead atoms. The van der Waals surface area contributed by atoms with Crippen LogP contribution in [0.3, 0.4) is 0 Å². The zero-order chi connectivity index (χ0) is 27.9. The van der Waals surface area contributed by atoms with E-state index in [-0.39, 0.29) is 17.4 Å². The molecule has 2 N–H and O–H groups in total. The Hall–Kier alpha value is -4.64. The summed E-state index contributed by atoms with van der Waals surface area (Å²) >= 11 is 0.704. The van der Waals surface area contributed by atoms with Crippen LogP contribution in [0.25, 0.3) is 6.08 Å². The number of halogens is 1. The first kappa shape index (κ1) is 27.4. The van der Waals surface area contributed by atoms with Crippen molar-refractivity contribution in [2.24, 2.45) is 0 Å². The van der Waals surface area contributed by atoms with E-state index < -0.39 is 29.4 Å². The summed E-state index contributed by atoms with van der Waals surface area (Å²) in [5, 5.41) is 4.67. The van der Waals surface area contributed by atoms with Crippen molar-refractivity contribution in [3.8, 4) is 11.5 Å². The second-order valence-corrected chi connectivity index (χ2v) is 9.43. The summed E-state index contributed by atoms with van der Waals surface area (Å²) in [7, 11) is 1.44. The normalized spacial score (nSPS) is 13.9. The number of hydrogen-bond acceptors (Lipinski definition) is 7. The Balaban J connectivity index is 1.37. The highest BCUT2D eigenvalue weighted by atomic mass is 32.2. The zero-order valence-electron chi connectivity index (χ0n) is 21.0. The summed E-state index contributed by atoms with van der Waals surface area (Å²) < 4.78 is 24.0. The lowest BCUT2D eigenvalue weighted by Crippen LogP contribution is -2.36. The van der Waals surface area contributed by atoms with Crippen LogP contribution >= 0.6 is 11.8 Å². The van der Waals surface area contributed by atoms with Gasteiger partial charge in [0.25, 0.3) is 17.1 Å². The van der Waals surface area contributed by atoms with E-state index in [1.54, 1.807) is 30.3 Å². The fourth-order valence-electron chi connectivity index (χ4n) is 3.54. The number of thioether (sulfide) groups is 1. The van der Waals surface area contributed by atoms with Gasteiger partial charge in [0, 0.05) is 11.4 Å². The molecular formula is C28H24FN3O6S. The summed E-state index contributed by atoms with van der Waals surface area (Å²) in [6.07, 6.45) is 1.50. The van der Waals surface area contributed by atoms with E-state index in [0.29, 0.717) is 40.2 Å². The van der Waals surface area contributed by atoms with Crippen molar-refractivity contribution in [2.45, 2.75) is 6.92 Å². The van der Waals surface area contributed by atoms with Gasteiger partial charge in [-0.1, -0.05) is 23.8 Å². The molecule has 39 heavy (non-hydrogen) atoms. The number of benzene rings is 3. The molecule has 0 atom stereocenters. The fourth-order valence-corrected chi connectivity index (χ4v) is 4.37. The number of carbonyl (C=O) groups is 4. The van der Waals surface area contributed by atoms with Crippen LogP contribution in [0, 0.1) is 12.7 Å². The summed E-state index contributed by atoms with van der Waals surface area (Å²) in [6, 6.07) is 17.3. The van der Waals surface area contributed by atoms with Gasteiger partial charge in [0.2, 0.25) is 5.91 Å². The maximum atomic E-state index is 13.0. The van der Waals surface area contributed by atoms with Crippen LogP contribution in [-0.2, 0) is 14.4 Å². The van der Waals surface area contributed by atoms with Crippen molar-refractivity contribution in [2.75, 3.05) is 30.9 Å². The summed E-state index contributed by atoms with van der Waals surface area (Å²) in [6.45, 7) is 1.22. The smallest absolute Gasteiger partial charge is 0.294 e. The fraction of sp³-hybridized carbons (Fsp3) is 0.143. The van der Waals surface area contributed by atoms with Gasteiger partial charge in [0.15, 0.2) is 18.1 Å². The van der Waals surface area contributed by atoms with E-state index in [9.17, 15) is 23.6 Å². The quantitative estimate of drug-likeness (QED) is 0.367. The first-order valence-electron chi connectivity index (χ1n) is 11.7. The third-order valence-electron chi connectivity index (χ3n) is 5.48. The molecule has 9 nitrogen and oxygen atoms in total. The molecule has 4 rings (SSSR count). The van der Waals surface area contributed by atoms with E-state index in [4.69, 9.17) is 9.47 Å². The van der Waals surface area contributed by atoms with Crippen LogP contribution in [0.5, 0.6) is 11.5 Å². The van der Waals surface area contributed by atoms with E-state index in [0.717, 1.165) is 10.5 Å². The van der Waals surface area contributed by atoms with Crippen molar-refractivity contribution >= 4 is 52.2 Å². The van der Waals surface area contributed by atoms with Gasteiger partial charge < -0.3 is 20.1 Å². The lowest BCUT2D eigenvalue weighted by Gasteiger charge is -2.12. The first-order chi connectivity index (χ1) is 18.7. The molecule has 1 aliphatic heterocycles. The number of rotatable bonds is 9. The highest BCUT2D eigenvalue weighted by Gasteiger charge is 2.36. The lowest BCUT2D eigenvalue weighted by molar-refractivity contribution is -0.127. The number of nitrogens with zero attached hydrogens (tertiary/aromatic N) is 1. The number of hydrogen-bond donors (Lipinski definition) is 2. The number of imide groups is 1.